The number of nitrogens with zero attached hydrogens (tertiary/aromatic N) is 1. The summed E-state index contributed by atoms with van der Waals surface area (Å²) in [4.78, 5) is 29.4. The van der Waals surface area contributed by atoms with E-state index in [0.29, 0.717) is 44.6 Å². The molecule has 0 bridgehead atoms. The largest absolute Gasteiger partial charge is 0.443 e. The molecule has 0 heterocycles. The molecule has 0 aliphatic carbocycles. The number of ether oxygens (including phenoxy) is 1. The van der Waals surface area contributed by atoms with Crippen molar-refractivity contribution in [3.63, 3.8) is 0 Å². The fourth-order valence-electron chi connectivity index (χ4n) is 6.26. The van der Waals surface area contributed by atoms with E-state index in [-0.39, 0.29) is 11.1 Å². The van der Waals surface area contributed by atoms with Crippen LogP contribution in [-0.4, -0.2) is 45.8 Å². The number of hydrogen-bond acceptors (Lipinski definition) is 7. The first-order valence-corrected chi connectivity index (χ1v) is 24.1. The van der Waals surface area contributed by atoms with E-state index < -0.39 is 55.6 Å². The molecule has 14 heteroatoms. The van der Waals surface area contributed by atoms with Crippen LogP contribution >= 0.6 is 0 Å². The summed E-state index contributed by atoms with van der Waals surface area (Å²) in [7, 11) is -8.07. The van der Waals surface area contributed by atoms with E-state index in [4.69, 9.17) is 4.74 Å². The Balaban J connectivity index is 1.45. The Morgan fingerprint density at radius 2 is 1.23 bits per heavy atom. The number of hydrogen-bond donors (Lipinski definition) is 4. The number of hydrazine groups is 1. The zero-order valence-electron chi connectivity index (χ0n) is 37.5. The van der Waals surface area contributed by atoms with Crippen LogP contribution in [0.1, 0.15) is 112 Å². The van der Waals surface area contributed by atoms with Gasteiger partial charge in [0, 0.05) is 27.9 Å². The maximum Gasteiger partial charge on any atom is 0.426 e. The maximum atomic E-state index is 14.2. The molecule has 12 nitrogen and oxygen atoms in total. The fourth-order valence-corrected chi connectivity index (χ4v) is 8.10. The van der Waals surface area contributed by atoms with Crippen molar-refractivity contribution in [2.75, 3.05) is 16.3 Å². The summed E-state index contributed by atoms with van der Waals surface area (Å²) in [6.07, 6.45) is 0.0512. The zero-order chi connectivity index (χ0) is 46.9. The highest BCUT2D eigenvalue weighted by Crippen LogP contribution is 2.28. The van der Waals surface area contributed by atoms with Gasteiger partial charge in [0.1, 0.15) is 5.60 Å². The van der Waals surface area contributed by atoms with E-state index in [1.54, 1.807) is 70.2 Å². The van der Waals surface area contributed by atoms with Crippen LogP contribution in [0, 0.1) is 23.7 Å². The average molecular weight is 902 g/mol. The molecule has 2 unspecified atom stereocenters. The average Bonchev–Trinajstić information content (AvgIpc) is 3.21. The highest BCUT2D eigenvalue weighted by Gasteiger charge is 2.32. The van der Waals surface area contributed by atoms with Crippen molar-refractivity contribution in [1.29, 1.82) is 0 Å². The van der Waals surface area contributed by atoms with Crippen LogP contribution in [0.5, 0.6) is 0 Å². The van der Waals surface area contributed by atoms with Crippen LogP contribution in [0.2, 0.25) is 0 Å². The minimum atomic E-state index is -4.37. The quantitative estimate of drug-likeness (QED) is 0.0758. The lowest BCUT2D eigenvalue weighted by Gasteiger charge is -2.32. The van der Waals surface area contributed by atoms with Gasteiger partial charge in [-0.25, -0.2) is 31.4 Å². The SMILES string of the molecule is CC(NC(=O)Nc1ccc(C(C)(C)C)cc1)c1ccc(CS(=O)(=O)NN(C(=O)OC(C)(C)C)C(C)c2ccc(NS(C)(=O)=O)c(C#Cc3ccccc3)c2)c(C#Cc2ccccc2)c1. The van der Waals surface area contributed by atoms with Gasteiger partial charge in [0.25, 0.3) is 0 Å². The third-order valence-corrected chi connectivity index (χ3v) is 11.4. The molecule has 5 aromatic carbocycles. The van der Waals surface area contributed by atoms with Crippen LogP contribution in [0.4, 0.5) is 21.0 Å². The van der Waals surface area contributed by atoms with Gasteiger partial charge in [-0.2, -0.15) is 0 Å². The van der Waals surface area contributed by atoms with Gasteiger partial charge in [0.15, 0.2) is 0 Å². The fraction of sp³-hybridized carbons (Fsp3) is 0.280. The standard InChI is InChI=1S/C50H55N5O7S2/c1-35(51-47(56)52-45-29-27-44(28-30-45)49(3,4)5)39-24-25-43(41(32-39)22-20-37-16-12-10-13-17-37)34-64(60,61)54-55(48(57)62-50(6,7)8)36(2)40-26-31-46(53-63(9,58)59)42(33-40)23-21-38-18-14-11-15-19-38/h10-19,24-33,35-36,53-54H,34H2,1-9H3,(H2,51,52,56). The molecule has 334 valence electrons. The Morgan fingerprint density at radius 3 is 1.78 bits per heavy atom. The zero-order valence-corrected chi connectivity index (χ0v) is 39.2. The van der Waals surface area contributed by atoms with E-state index in [9.17, 15) is 26.4 Å². The Bertz CT molecular complexity index is 2820. The van der Waals surface area contributed by atoms with Crippen LogP contribution in [0.3, 0.4) is 0 Å². The molecular formula is C50H55N5O7S2. The lowest BCUT2D eigenvalue weighted by molar-refractivity contribution is 0.0114. The molecule has 0 radical (unpaired) electrons. The molecular weight excluding hydrogens is 847 g/mol. The van der Waals surface area contributed by atoms with Crippen molar-refractivity contribution in [2.45, 2.75) is 84.2 Å². The van der Waals surface area contributed by atoms with Crippen LogP contribution < -0.4 is 20.2 Å². The number of sulfonamides is 2. The molecule has 64 heavy (non-hydrogen) atoms. The third-order valence-electron chi connectivity index (χ3n) is 9.60. The second-order valence-electron chi connectivity index (χ2n) is 17.4. The molecule has 5 aromatic rings. The third kappa shape index (κ3) is 14.8. The van der Waals surface area contributed by atoms with Gasteiger partial charge in [-0.1, -0.05) is 111 Å². The number of benzene rings is 5. The minimum Gasteiger partial charge on any atom is -0.443 e. The maximum absolute atomic E-state index is 14.2. The lowest BCUT2D eigenvalue weighted by Crippen LogP contribution is -2.49. The van der Waals surface area contributed by atoms with E-state index in [0.717, 1.165) is 16.8 Å². The van der Waals surface area contributed by atoms with Crippen molar-refractivity contribution in [3.8, 4) is 23.7 Å². The summed E-state index contributed by atoms with van der Waals surface area (Å²) in [5.74, 6) is 11.7. The number of nitrogens with one attached hydrogen (secondary N) is 4. The minimum absolute atomic E-state index is 0.0352. The molecule has 0 saturated carbocycles. The van der Waals surface area contributed by atoms with E-state index in [1.165, 1.54) is 6.07 Å². The summed E-state index contributed by atoms with van der Waals surface area (Å²) in [6, 6.07) is 33.8. The second kappa shape index (κ2) is 20.3. The molecule has 0 aliphatic heterocycles. The van der Waals surface area contributed by atoms with Gasteiger partial charge in [-0.05, 0) is 117 Å². The molecule has 5 rings (SSSR count). The molecule has 0 spiro atoms. The number of anilines is 2. The van der Waals surface area contributed by atoms with Gasteiger partial charge in [0.05, 0.1) is 29.8 Å². The summed E-state index contributed by atoms with van der Waals surface area (Å²) in [5, 5.41) is 6.71. The van der Waals surface area contributed by atoms with Crippen molar-refractivity contribution in [2.24, 2.45) is 0 Å². The summed E-state index contributed by atoms with van der Waals surface area (Å²) < 4.78 is 61.2. The number of urea groups is 1. The molecule has 0 fully saturated rings. The first-order valence-electron chi connectivity index (χ1n) is 20.5. The summed E-state index contributed by atoms with van der Waals surface area (Å²) in [6.45, 7) is 14.7. The second-order valence-corrected chi connectivity index (χ2v) is 20.8. The molecule has 2 atom stereocenters. The van der Waals surface area contributed by atoms with Crippen LogP contribution in [0.15, 0.2) is 121 Å². The van der Waals surface area contributed by atoms with E-state index in [2.05, 4.69) is 64.6 Å². The van der Waals surface area contributed by atoms with E-state index >= 15 is 0 Å². The number of carbonyl (C=O) groups excluding carboxylic acids is 2. The smallest absolute Gasteiger partial charge is 0.426 e. The molecule has 0 aliphatic rings. The molecule has 4 N–H and O–H groups in total. The predicted octanol–water partition coefficient (Wildman–Crippen LogP) is 9.37. The van der Waals surface area contributed by atoms with Crippen LogP contribution in [-0.2, 0) is 36.0 Å². The van der Waals surface area contributed by atoms with Gasteiger partial charge in [0.2, 0.25) is 20.0 Å². The number of carbonyl (C=O) groups is 2. The lowest BCUT2D eigenvalue weighted by atomic mass is 9.87. The van der Waals surface area contributed by atoms with Gasteiger partial charge >= 0.3 is 12.1 Å². The summed E-state index contributed by atoms with van der Waals surface area (Å²) >= 11 is 0. The first kappa shape index (κ1) is 48.5. The van der Waals surface area contributed by atoms with Crippen molar-refractivity contribution >= 4 is 43.5 Å². The van der Waals surface area contributed by atoms with Crippen molar-refractivity contribution in [1.82, 2.24) is 15.2 Å². The summed E-state index contributed by atoms with van der Waals surface area (Å²) in [5.41, 5.74) is 4.46. The Hall–Kier alpha value is -6.58. The number of rotatable bonds is 11. The Kier molecular flexibility index (Phi) is 15.4. The Labute approximate surface area is 378 Å². The first-order chi connectivity index (χ1) is 29.9. The van der Waals surface area contributed by atoms with Gasteiger partial charge in [-0.3, -0.25) is 4.72 Å². The topological polar surface area (TPSA) is 163 Å². The molecule has 0 saturated heterocycles. The normalized spacial score (nSPS) is 12.6. The molecule has 3 amide bonds. The van der Waals surface area contributed by atoms with Gasteiger partial charge in [-0.15, -0.1) is 4.83 Å². The van der Waals surface area contributed by atoms with Gasteiger partial charge < -0.3 is 15.4 Å². The van der Waals surface area contributed by atoms with E-state index in [1.807, 2.05) is 79.7 Å². The van der Waals surface area contributed by atoms with Crippen molar-refractivity contribution < 1.29 is 31.2 Å². The number of amides is 3. The Morgan fingerprint density at radius 1 is 0.688 bits per heavy atom. The van der Waals surface area contributed by atoms with Crippen molar-refractivity contribution in [3.05, 3.63) is 166 Å². The highest BCUT2D eigenvalue weighted by atomic mass is 32.2. The molecule has 0 aromatic heterocycles. The van der Waals surface area contributed by atoms with Crippen LogP contribution in [0.25, 0.3) is 0 Å². The highest BCUT2D eigenvalue weighted by molar-refractivity contribution is 7.92. The predicted molar refractivity (Wildman–Crippen MR) is 254 cm³/mol. The monoisotopic (exact) mass is 901 g/mol.